The summed E-state index contributed by atoms with van der Waals surface area (Å²) in [5.74, 6) is 1.14. The fourth-order valence-corrected chi connectivity index (χ4v) is 2.89. The maximum absolute atomic E-state index is 12.2. The van der Waals surface area contributed by atoms with Gasteiger partial charge in [-0.25, -0.2) is 4.98 Å². The van der Waals surface area contributed by atoms with Crippen molar-refractivity contribution in [2.75, 3.05) is 6.54 Å². The van der Waals surface area contributed by atoms with Gasteiger partial charge >= 0.3 is 0 Å². The monoisotopic (exact) mass is 292 g/mol. The number of aromatic nitrogens is 1. The van der Waals surface area contributed by atoms with Crippen molar-refractivity contribution in [2.24, 2.45) is 5.92 Å². The Kier molecular flexibility index (Phi) is 4.95. The maximum Gasteiger partial charge on any atom is 0.271 e. The van der Waals surface area contributed by atoms with Crippen LogP contribution in [0.1, 0.15) is 42.1 Å². The van der Waals surface area contributed by atoms with Gasteiger partial charge in [-0.2, -0.15) is 0 Å². The zero-order valence-corrected chi connectivity index (χ0v) is 12.9. The van der Waals surface area contributed by atoms with Gasteiger partial charge in [0.1, 0.15) is 5.69 Å². The summed E-state index contributed by atoms with van der Waals surface area (Å²) in [5, 5.41) is 3.73. The van der Waals surface area contributed by atoms with E-state index in [2.05, 4.69) is 24.1 Å². The van der Waals surface area contributed by atoms with Gasteiger partial charge in [0.25, 0.3) is 5.91 Å². The lowest BCUT2D eigenvalue weighted by Gasteiger charge is -2.12. The largest absolute Gasteiger partial charge is 0.462 e. The van der Waals surface area contributed by atoms with Crippen LogP contribution in [0.2, 0.25) is 0 Å². The normalized spacial score (nSPS) is 11.0. The second kappa shape index (κ2) is 6.70. The smallest absolute Gasteiger partial charge is 0.271 e. The van der Waals surface area contributed by atoms with Crippen LogP contribution in [0.4, 0.5) is 0 Å². The Morgan fingerprint density at radius 3 is 2.80 bits per heavy atom. The number of hydrogen-bond acceptors (Lipinski definition) is 4. The van der Waals surface area contributed by atoms with Crippen molar-refractivity contribution in [1.82, 2.24) is 10.3 Å². The van der Waals surface area contributed by atoms with Gasteiger partial charge in [0.2, 0.25) is 0 Å². The zero-order valence-electron chi connectivity index (χ0n) is 12.1. The van der Waals surface area contributed by atoms with E-state index in [4.69, 9.17) is 4.42 Å². The van der Waals surface area contributed by atoms with Gasteiger partial charge in [-0.05, 0) is 25.0 Å². The topological polar surface area (TPSA) is 55.1 Å². The second-order valence-electron chi connectivity index (χ2n) is 4.79. The molecule has 0 aromatic carbocycles. The quantitative estimate of drug-likeness (QED) is 0.879. The lowest BCUT2D eigenvalue weighted by atomic mass is 10.0. The van der Waals surface area contributed by atoms with Crippen LogP contribution in [-0.2, 0) is 0 Å². The predicted octanol–water partition coefficient (Wildman–Crippen LogP) is 3.88. The summed E-state index contributed by atoms with van der Waals surface area (Å²) >= 11 is 1.48. The van der Waals surface area contributed by atoms with Crippen LogP contribution in [0.3, 0.4) is 0 Å². The Hall–Kier alpha value is -1.62. The van der Waals surface area contributed by atoms with E-state index in [-0.39, 0.29) is 5.91 Å². The summed E-state index contributed by atoms with van der Waals surface area (Å²) in [4.78, 5) is 17.5. The minimum absolute atomic E-state index is 0.0940. The molecule has 0 aliphatic carbocycles. The van der Waals surface area contributed by atoms with E-state index < -0.39 is 0 Å². The molecule has 0 spiro atoms. The molecule has 2 aromatic heterocycles. The van der Waals surface area contributed by atoms with Crippen LogP contribution in [0.25, 0.3) is 10.8 Å². The molecule has 2 aromatic rings. The first-order valence-corrected chi connectivity index (χ1v) is 7.76. The van der Waals surface area contributed by atoms with Crippen LogP contribution in [0.15, 0.2) is 22.8 Å². The number of aryl methyl sites for hydroxylation is 1. The zero-order chi connectivity index (χ0) is 14.5. The average molecular weight is 292 g/mol. The van der Waals surface area contributed by atoms with Gasteiger partial charge in [-0.3, -0.25) is 4.79 Å². The number of thiazole rings is 1. The predicted molar refractivity (Wildman–Crippen MR) is 81.0 cm³/mol. The summed E-state index contributed by atoms with van der Waals surface area (Å²) < 4.78 is 5.32. The van der Waals surface area contributed by atoms with Crippen LogP contribution in [0.5, 0.6) is 0 Å². The van der Waals surface area contributed by atoms with Crippen molar-refractivity contribution < 1.29 is 9.21 Å². The second-order valence-corrected chi connectivity index (χ2v) is 6.00. The van der Waals surface area contributed by atoms with Crippen LogP contribution < -0.4 is 5.32 Å². The molecule has 108 valence electrons. The molecule has 1 amide bonds. The summed E-state index contributed by atoms with van der Waals surface area (Å²) in [6.45, 7) is 6.90. The highest BCUT2D eigenvalue weighted by molar-refractivity contribution is 7.15. The van der Waals surface area contributed by atoms with E-state index in [1.54, 1.807) is 6.26 Å². The highest BCUT2D eigenvalue weighted by atomic mass is 32.1. The van der Waals surface area contributed by atoms with Gasteiger partial charge in [-0.15, -0.1) is 11.3 Å². The van der Waals surface area contributed by atoms with E-state index in [9.17, 15) is 4.79 Å². The molecule has 2 heterocycles. The molecule has 2 rings (SSSR count). The van der Waals surface area contributed by atoms with Gasteiger partial charge in [-0.1, -0.05) is 26.7 Å². The SMILES string of the molecule is CCC(CC)CNC(=O)c1nc(-c2ccco2)sc1C. The molecule has 4 nitrogen and oxygen atoms in total. The molecule has 0 fully saturated rings. The third kappa shape index (κ3) is 3.28. The Morgan fingerprint density at radius 1 is 1.45 bits per heavy atom. The summed E-state index contributed by atoms with van der Waals surface area (Å²) in [5.41, 5.74) is 0.507. The van der Waals surface area contributed by atoms with Crippen LogP contribution >= 0.6 is 11.3 Å². The molecule has 0 radical (unpaired) electrons. The molecule has 5 heteroatoms. The number of rotatable bonds is 6. The number of hydrogen-bond donors (Lipinski definition) is 1. The van der Waals surface area contributed by atoms with Crippen molar-refractivity contribution in [3.8, 4) is 10.8 Å². The van der Waals surface area contributed by atoms with Crippen molar-refractivity contribution in [3.63, 3.8) is 0 Å². The number of carbonyl (C=O) groups is 1. The average Bonchev–Trinajstić information content (AvgIpc) is 3.08. The van der Waals surface area contributed by atoms with E-state index in [0.29, 0.717) is 23.9 Å². The first kappa shape index (κ1) is 14.8. The number of carbonyl (C=O) groups excluding carboxylic acids is 1. The first-order valence-electron chi connectivity index (χ1n) is 6.95. The van der Waals surface area contributed by atoms with E-state index in [1.807, 2.05) is 19.1 Å². The van der Waals surface area contributed by atoms with Gasteiger partial charge in [0.05, 0.1) is 6.26 Å². The lowest BCUT2D eigenvalue weighted by molar-refractivity contribution is 0.0941. The molecule has 0 saturated heterocycles. The van der Waals surface area contributed by atoms with Crippen LogP contribution in [0, 0.1) is 12.8 Å². The molecule has 0 unspecified atom stereocenters. The van der Waals surface area contributed by atoms with E-state index in [0.717, 1.165) is 22.7 Å². The van der Waals surface area contributed by atoms with E-state index in [1.165, 1.54) is 11.3 Å². The molecule has 1 N–H and O–H groups in total. The number of nitrogens with zero attached hydrogens (tertiary/aromatic N) is 1. The number of amides is 1. The highest BCUT2D eigenvalue weighted by Crippen LogP contribution is 2.27. The van der Waals surface area contributed by atoms with Gasteiger partial charge in [0, 0.05) is 11.4 Å². The molecule has 0 bridgehead atoms. The third-order valence-electron chi connectivity index (χ3n) is 3.45. The van der Waals surface area contributed by atoms with E-state index >= 15 is 0 Å². The van der Waals surface area contributed by atoms with Gasteiger partial charge in [0.15, 0.2) is 10.8 Å². The van der Waals surface area contributed by atoms with Crippen molar-refractivity contribution in [2.45, 2.75) is 33.6 Å². The molecule has 0 aliphatic rings. The summed E-state index contributed by atoms with van der Waals surface area (Å²) in [7, 11) is 0. The first-order chi connectivity index (χ1) is 9.65. The fourth-order valence-electron chi connectivity index (χ4n) is 2.01. The fraction of sp³-hybridized carbons (Fsp3) is 0.467. The summed E-state index contributed by atoms with van der Waals surface area (Å²) in [6.07, 6.45) is 3.76. The van der Waals surface area contributed by atoms with Crippen molar-refractivity contribution in [1.29, 1.82) is 0 Å². The minimum Gasteiger partial charge on any atom is -0.462 e. The standard InChI is InChI=1S/C15H20N2O2S/c1-4-11(5-2)9-16-14(18)13-10(3)20-15(17-13)12-7-6-8-19-12/h6-8,11H,4-5,9H2,1-3H3,(H,16,18). The Labute approximate surface area is 123 Å². The minimum atomic E-state index is -0.0940. The molecular formula is C15H20N2O2S. The maximum atomic E-state index is 12.2. The van der Waals surface area contributed by atoms with Crippen molar-refractivity contribution in [3.05, 3.63) is 29.0 Å². The third-order valence-corrected chi connectivity index (χ3v) is 4.43. The van der Waals surface area contributed by atoms with Crippen LogP contribution in [-0.4, -0.2) is 17.4 Å². The van der Waals surface area contributed by atoms with Gasteiger partial charge < -0.3 is 9.73 Å². The molecule has 0 aliphatic heterocycles. The molecule has 0 saturated carbocycles. The van der Waals surface area contributed by atoms with Crippen molar-refractivity contribution >= 4 is 17.2 Å². The Bertz CT molecular complexity index is 556. The lowest BCUT2D eigenvalue weighted by Crippen LogP contribution is -2.29. The highest BCUT2D eigenvalue weighted by Gasteiger charge is 2.18. The molecular weight excluding hydrogens is 272 g/mol. The number of furan rings is 1. The Balaban J connectivity index is 2.07. The Morgan fingerprint density at radius 2 is 2.20 bits per heavy atom. The molecule has 20 heavy (non-hydrogen) atoms. The number of nitrogens with one attached hydrogen (secondary N) is 1. The molecule has 0 atom stereocenters. The summed E-state index contributed by atoms with van der Waals surface area (Å²) in [6, 6.07) is 3.67.